The van der Waals surface area contributed by atoms with Crippen LogP contribution in [0, 0.1) is 0 Å². The third kappa shape index (κ3) is 5.26. The molecule has 0 bridgehead atoms. The molecule has 1 atom stereocenters. The summed E-state index contributed by atoms with van der Waals surface area (Å²) >= 11 is 6.20. The number of amides is 1. The molecule has 0 fully saturated rings. The summed E-state index contributed by atoms with van der Waals surface area (Å²) in [7, 11) is 0. The number of nitrogens with two attached hydrogens (primary N) is 1. The van der Waals surface area contributed by atoms with E-state index in [0.717, 1.165) is 16.5 Å². The maximum absolute atomic E-state index is 13.1. The third-order valence-electron chi connectivity index (χ3n) is 6.01. The molecule has 35 heavy (non-hydrogen) atoms. The van der Waals surface area contributed by atoms with Gasteiger partial charge in [0.1, 0.15) is 11.4 Å². The molecule has 0 spiro atoms. The lowest BCUT2D eigenvalue weighted by molar-refractivity contribution is -0.145. The summed E-state index contributed by atoms with van der Waals surface area (Å²) in [6.45, 7) is 1.88. The highest BCUT2D eigenvalue weighted by Crippen LogP contribution is 2.42. The lowest BCUT2D eigenvalue weighted by Gasteiger charge is -2.23. The summed E-state index contributed by atoms with van der Waals surface area (Å²) in [6, 6.07) is 8.62. The number of aromatic nitrogens is 1. The van der Waals surface area contributed by atoms with E-state index in [1.807, 2.05) is 6.07 Å². The Balaban J connectivity index is 1.56. The molecule has 1 aliphatic carbocycles. The maximum Gasteiger partial charge on any atom is 0.352 e. The van der Waals surface area contributed by atoms with Crippen molar-refractivity contribution in [2.45, 2.75) is 38.6 Å². The van der Waals surface area contributed by atoms with E-state index < -0.39 is 11.9 Å². The van der Waals surface area contributed by atoms with Crippen LogP contribution in [0.3, 0.4) is 0 Å². The van der Waals surface area contributed by atoms with E-state index in [4.69, 9.17) is 26.8 Å². The average molecular weight is 500 g/mol. The number of carbonyl (C=O) groups is 3. The van der Waals surface area contributed by atoms with Gasteiger partial charge in [0.15, 0.2) is 6.61 Å². The van der Waals surface area contributed by atoms with Crippen LogP contribution in [0.15, 0.2) is 30.3 Å². The molecule has 1 unspecified atom stereocenters. The standard InChI is InChI=1S/C25H26ClN3O6/c1-2-34-21(31)12-35-19-7-13(11-27)3-6-17(19)28-20(30)9-15-5-4-14-8-16(26)10-18-22(14)23(15)24(29-18)25(32)33/h3,6-8,10,15,29H,2,4-5,9,11-12,27H2,1H3,(H,28,30)(H,32,33). The number of hydrogen-bond acceptors (Lipinski definition) is 6. The van der Waals surface area contributed by atoms with Crippen LogP contribution in [0.2, 0.25) is 5.02 Å². The molecule has 4 rings (SSSR count). The predicted molar refractivity (Wildman–Crippen MR) is 131 cm³/mol. The van der Waals surface area contributed by atoms with Gasteiger partial charge in [0.05, 0.1) is 12.3 Å². The van der Waals surface area contributed by atoms with Crippen LogP contribution in [-0.4, -0.2) is 41.2 Å². The van der Waals surface area contributed by atoms with Gasteiger partial charge in [-0.3, -0.25) is 4.79 Å². The van der Waals surface area contributed by atoms with E-state index in [2.05, 4.69) is 10.3 Å². The third-order valence-corrected chi connectivity index (χ3v) is 6.22. The van der Waals surface area contributed by atoms with Gasteiger partial charge in [0.2, 0.25) is 5.91 Å². The summed E-state index contributed by atoms with van der Waals surface area (Å²) < 4.78 is 10.5. The van der Waals surface area contributed by atoms with Gasteiger partial charge < -0.3 is 30.6 Å². The minimum Gasteiger partial charge on any atom is -0.480 e. The Bertz CT molecular complexity index is 1300. The van der Waals surface area contributed by atoms with Crippen LogP contribution >= 0.6 is 11.6 Å². The van der Waals surface area contributed by atoms with Crippen molar-refractivity contribution < 1.29 is 29.0 Å². The zero-order valence-electron chi connectivity index (χ0n) is 19.2. The first-order valence-corrected chi connectivity index (χ1v) is 11.7. The van der Waals surface area contributed by atoms with Gasteiger partial charge in [-0.2, -0.15) is 0 Å². The van der Waals surface area contributed by atoms with E-state index in [1.54, 1.807) is 31.2 Å². The lowest BCUT2D eigenvalue weighted by atomic mass is 9.81. The fourth-order valence-corrected chi connectivity index (χ4v) is 4.78. The van der Waals surface area contributed by atoms with Gasteiger partial charge in [0.25, 0.3) is 0 Å². The number of H-pyrrole nitrogens is 1. The fourth-order valence-electron chi connectivity index (χ4n) is 4.54. The SMILES string of the molecule is CCOC(=O)COc1cc(CN)ccc1NC(=O)CC1CCc2cc(Cl)cc3[nH]c(C(=O)O)c1c23. The Kier molecular flexibility index (Phi) is 7.28. The number of halogens is 1. The highest BCUT2D eigenvalue weighted by atomic mass is 35.5. The summed E-state index contributed by atoms with van der Waals surface area (Å²) in [4.78, 5) is 39.7. The van der Waals surface area contributed by atoms with Crippen molar-refractivity contribution in [3.8, 4) is 5.75 Å². The lowest BCUT2D eigenvalue weighted by Crippen LogP contribution is -2.20. The number of aryl methyl sites for hydroxylation is 1. The molecule has 10 heteroatoms. The second-order valence-corrected chi connectivity index (χ2v) is 8.76. The Morgan fingerprint density at radius 1 is 1.26 bits per heavy atom. The van der Waals surface area contributed by atoms with Crippen molar-refractivity contribution in [2.75, 3.05) is 18.5 Å². The predicted octanol–water partition coefficient (Wildman–Crippen LogP) is 3.98. The number of rotatable bonds is 9. The van der Waals surface area contributed by atoms with Crippen LogP contribution in [0.4, 0.5) is 5.69 Å². The van der Waals surface area contributed by atoms with Gasteiger partial charge in [-0.1, -0.05) is 17.7 Å². The molecule has 5 N–H and O–H groups in total. The molecule has 184 valence electrons. The number of benzene rings is 2. The molecule has 3 aromatic rings. The number of aromatic amines is 1. The Hall–Kier alpha value is -3.56. The number of carbonyl (C=O) groups excluding carboxylic acids is 2. The first kappa shape index (κ1) is 24.6. The van der Waals surface area contributed by atoms with Crippen molar-refractivity contribution >= 4 is 46.0 Å². The normalized spacial score (nSPS) is 14.5. The largest absolute Gasteiger partial charge is 0.480 e. The van der Waals surface area contributed by atoms with Crippen molar-refractivity contribution in [1.29, 1.82) is 0 Å². The molecule has 0 saturated heterocycles. The first-order valence-electron chi connectivity index (χ1n) is 11.3. The fraction of sp³-hybridized carbons (Fsp3) is 0.320. The van der Waals surface area contributed by atoms with Gasteiger partial charge in [-0.05, 0) is 66.6 Å². The molecular weight excluding hydrogens is 474 g/mol. The van der Waals surface area contributed by atoms with Gasteiger partial charge in [-0.25, -0.2) is 9.59 Å². The van der Waals surface area contributed by atoms with Crippen molar-refractivity contribution in [1.82, 2.24) is 4.98 Å². The second kappa shape index (κ2) is 10.4. The molecule has 1 amide bonds. The van der Waals surface area contributed by atoms with E-state index in [1.165, 1.54) is 0 Å². The number of ether oxygens (including phenoxy) is 2. The van der Waals surface area contributed by atoms with E-state index in [-0.39, 0.29) is 43.7 Å². The molecule has 2 aromatic carbocycles. The molecule has 0 aliphatic heterocycles. The van der Waals surface area contributed by atoms with E-state index in [0.29, 0.717) is 40.4 Å². The number of nitrogens with one attached hydrogen (secondary N) is 2. The van der Waals surface area contributed by atoms with Gasteiger partial charge >= 0.3 is 11.9 Å². The Labute approximate surface area is 206 Å². The van der Waals surface area contributed by atoms with Gasteiger partial charge in [0, 0.05) is 28.9 Å². The van der Waals surface area contributed by atoms with Crippen LogP contribution in [0.5, 0.6) is 5.75 Å². The monoisotopic (exact) mass is 499 g/mol. The molecule has 9 nitrogen and oxygen atoms in total. The molecule has 1 aliphatic rings. The van der Waals surface area contributed by atoms with E-state index in [9.17, 15) is 19.5 Å². The Morgan fingerprint density at radius 3 is 2.77 bits per heavy atom. The summed E-state index contributed by atoms with van der Waals surface area (Å²) in [6.07, 6.45) is 1.36. The topological polar surface area (TPSA) is 144 Å². The number of carboxylic acids is 1. The zero-order chi connectivity index (χ0) is 25.1. The minimum atomic E-state index is -1.09. The van der Waals surface area contributed by atoms with Crippen molar-refractivity contribution in [3.63, 3.8) is 0 Å². The van der Waals surface area contributed by atoms with Crippen LogP contribution < -0.4 is 15.8 Å². The second-order valence-electron chi connectivity index (χ2n) is 8.32. The van der Waals surface area contributed by atoms with Gasteiger partial charge in [-0.15, -0.1) is 0 Å². The summed E-state index contributed by atoms with van der Waals surface area (Å²) in [5, 5.41) is 14.0. The highest BCUT2D eigenvalue weighted by molar-refractivity contribution is 6.31. The molecular formula is C25H26ClN3O6. The number of hydrogen-bond donors (Lipinski definition) is 4. The molecule has 0 saturated carbocycles. The average Bonchev–Trinajstić information content (AvgIpc) is 3.21. The van der Waals surface area contributed by atoms with E-state index >= 15 is 0 Å². The molecule has 1 aromatic heterocycles. The molecule has 1 heterocycles. The minimum absolute atomic E-state index is 0.0747. The number of aromatic carboxylic acids is 1. The summed E-state index contributed by atoms with van der Waals surface area (Å²) in [5.74, 6) is -1.91. The Morgan fingerprint density at radius 2 is 2.06 bits per heavy atom. The smallest absolute Gasteiger partial charge is 0.352 e. The quantitative estimate of drug-likeness (QED) is 0.326. The van der Waals surface area contributed by atoms with Crippen molar-refractivity contribution in [3.05, 3.63) is 57.7 Å². The van der Waals surface area contributed by atoms with Crippen LogP contribution in [0.1, 0.15) is 52.9 Å². The summed E-state index contributed by atoms with van der Waals surface area (Å²) in [5.41, 5.74) is 9.19. The van der Waals surface area contributed by atoms with Crippen molar-refractivity contribution in [2.24, 2.45) is 5.73 Å². The molecule has 0 radical (unpaired) electrons. The number of carboxylic acid groups (broad SMARTS) is 1. The van der Waals surface area contributed by atoms with Crippen LogP contribution in [-0.2, 0) is 27.3 Å². The number of esters is 1. The highest BCUT2D eigenvalue weighted by Gasteiger charge is 2.31. The first-order chi connectivity index (χ1) is 16.8. The van der Waals surface area contributed by atoms with Crippen LogP contribution in [0.25, 0.3) is 10.9 Å². The number of anilines is 1. The maximum atomic E-state index is 13.1. The zero-order valence-corrected chi connectivity index (χ0v) is 19.9.